The molecule has 6 heteroatoms. The zero-order valence-corrected chi connectivity index (χ0v) is 10.7. The van der Waals surface area contributed by atoms with Crippen LogP contribution in [0.5, 0.6) is 0 Å². The second-order valence-electron chi connectivity index (χ2n) is 4.04. The fourth-order valence-corrected chi connectivity index (χ4v) is 1.44. The predicted molar refractivity (Wildman–Crippen MR) is 67.4 cm³/mol. The van der Waals surface area contributed by atoms with Gasteiger partial charge in [0.05, 0.1) is 0 Å². The molecular formula is C12H17N3O3. The second-order valence-corrected chi connectivity index (χ2v) is 4.04. The lowest BCUT2D eigenvalue weighted by Gasteiger charge is -2.16. The van der Waals surface area contributed by atoms with Gasteiger partial charge in [0.15, 0.2) is 5.43 Å². The average Bonchev–Trinajstić information content (AvgIpc) is 2.34. The van der Waals surface area contributed by atoms with Crippen molar-refractivity contribution in [3.63, 3.8) is 0 Å². The molecule has 6 nitrogen and oxygen atoms in total. The number of carbonyl (C=O) groups excluding carboxylic acids is 2. The Morgan fingerprint density at radius 1 is 1.44 bits per heavy atom. The van der Waals surface area contributed by atoms with Crippen LogP contribution in [0.25, 0.3) is 0 Å². The molecule has 18 heavy (non-hydrogen) atoms. The average molecular weight is 251 g/mol. The maximum atomic E-state index is 12.0. The summed E-state index contributed by atoms with van der Waals surface area (Å²) in [6.07, 6.45) is 1.61. The van der Waals surface area contributed by atoms with Gasteiger partial charge in [-0.2, -0.15) is 0 Å². The van der Waals surface area contributed by atoms with E-state index >= 15 is 0 Å². The summed E-state index contributed by atoms with van der Waals surface area (Å²) in [6.45, 7) is 2.01. The van der Waals surface area contributed by atoms with Gasteiger partial charge in [0, 0.05) is 45.0 Å². The van der Waals surface area contributed by atoms with Crippen LogP contribution in [0.3, 0.4) is 0 Å². The fourth-order valence-electron chi connectivity index (χ4n) is 1.44. The van der Waals surface area contributed by atoms with Crippen molar-refractivity contribution in [3.8, 4) is 0 Å². The van der Waals surface area contributed by atoms with Crippen molar-refractivity contribution in [3.05, 3.63) is 33.7 Å². The predicted octanol–water partition coefficient (Wildman–Crippen LogP) is -0.109. The first-order valence-electron chi connectivity index (χ1n) is 5.61. The molecule has 0 spiro atoms. The van der Waals surface area contributed by atoms with Gasteiger partial charge in [0.1, 0.15) is 5.56 Å². The molecule has 0 aliphatic rings. The number of nitrogens with zero attached hydrogens (tertiary/aromatic N) is 1. The minimum absolute atomic E-state index is 0.0833. The SMILES string of the molecule is CNC(=O)CCN(C)C(=O)c1c[nH]c(C)cc1=O. The van der Waals surface area contributed by atoms with Crippen LogP contribution >= 0.6 is 0 Å². The van der Waals surface area contributed by atoms with Crippen molar-refractivity contribution in [2.24, 2.45) is 0 Å². The number of amides is 2. The first-order chi connectivity index (χ1) is 8.45. The molecule has 0 aliphatic heterocycles. The molecule has 0 bridgehead atoms. The molecule has 0 saturated heterocycles. The van der Waals surface area contributed by atoms with Gasteiger partial charge >= 0.3 is 0 Å². The summed E-state index contributed by atoms with van der Waals surface area (Å²) in [5, 5.41) is 2.47. The third kappa shape index (κ3) is 3.44. The second kappa shape index (κ2) is 6.00. The van der Waals surface area contributed by atoms with Crippen molar-refractivity contribution in [2.75, 3.05) is 20.6 Å². The number of aromatic nitrogens is 1. The lowest BCUT2D eigenvalue weighted by Crippen LogP contribution is -2.34. The van der Waals surface area contributed by atoms with Crippen molar-refractivity contribution >= 4 is 11.8 Å². The Balaban J connectivity index is 2.74. The summed E-state index contributed by atoms with van der Waals surface area (Å²) in [6, 6.07) is 1.37. The van der Waals surface area contributed by atoms with E-state index in [1.807, 2.05) is 0 Å². The molecule has 2 amide bonds. The van der Waals surface area contributed by atoms with Gasteiger partial charge in [0.25, 0.3) is 5.91 Å². The Morgan fingerprint density at radius 3 is 2.67 bits per heavy atom. The van der Waals surface area contributed by atoms with Crippen molar-refractivity contribution < 1.29 is 9.59 Å². The first-order valence-corrected chi connectivity index (χ1v) is 5.61. The van der Waals surface area contributed by atoms with Crippen LogP contribution in [0.1, 0.15) is 22.5 Å². The maximum Gasteiger partial charge on any atom is 0.259 e. The molecule has 98 valence electrons. The number of aryl methyl sites for hydroxylation is 1. The summed E-state index contributed by atoms with van der Waals surface area (Å²) >= 11 is 0. The molecule has 1 aromatic rings. The molecule has 1 heterocycles. The largest absolute Gasteiger partial charge is 0.364 e. The van der Waals surface area contributed by atoms with Gasteiger partial charge in [0.2, 0.25) is 5.91 Å². The monoisotopic (exact) mass is 251 g/mol. The van der Waals surface area contributed by atoms with Crippen molar-refractivity contribution in [1.29, 1.82) is 0 Å². The van der Waals surface area contributed by atoms with E-state index in [4.69, 9.17) is 0 Å². The molecule has 0 fully saturated rings. The molecule has 0 saturated carbocycles. The lowest BCUT2D eigenvalue weighted by atomic mass is 10.2. The first kappa shape index (κ1) is 14.0. The number of H-pyrrole nitrogens is 1. The molecule has 0 atom stereocenters. The standard InChI is InChI=1S/C12H17N3O3/c1-8-6-10(16)9(7-14-8)12(18)15(3)5-4-11(17)13-2/h6-7H,4-5H2,1-3H3,(H,13,17)(H,14,16). The summed E-state index contributed by atoms with van der Waals surface area (Å²) in [5.41, 5.74) is 0.465. The zero-order valence-electron chi connectivity index (χ0n) is 10.7. The molecule has 0 radical (unpaired) electrons. The van der Waals surface area contributed by atoms with Crippen LogP contribution in [0.2, 0.25) is 0 Å². The Kier molecular flexibility index (Phi) is 4.65. The van der Waals surface area contributed by atoms with E-state index in [0.29, 0.717) is 5.69 Å². The van der Waals surface area contributed by atoms with E-state index in [1.165, 1.54) is 24.2 Å². The minimum atomic E-state index is -0.389. The summed E-state index contributed by atoms with van der Waals surface area (Å²) in [7, 11) is 3.10. The van der Waals surface area contributed by atoms with Crippen molar-refractivity contribution in [2.45, 2.75) is 13.3 Å². The van der Waals surface area contributed by atoms with Gasteiger partial charge in [-0.3, -0.25) is 14.4 Å². The zero-order chi connectivity index (χ0) is 13.7. The van der Waals surface area contributed by atoms with Crippen LogP contribution in [0.15, 0.2) is 17.1 Å². The van der Waals surface area contributed by atoms with Crippen LogP contribution in [-0.2, 0) is 4.79 Å². The molecule has 0 aromatic carbocycles. The Labute approximate surface area is 105 Å². The van der Waals surface area contributed by atoms with E-state index in [0.717, 1.165) is 0 Å². The number of carbonyl (C=O) groups is 2. The van der Waals surface area contributed by atoms with Gasteiger partial charge in [-0.15, -0.1) is 0 Å². The number of aromatic amines is 1. The van der Waals surface area contributed by atoms with E-state index in [1.54, 1.807) is 14.0 Å². The summed E-state index contributed by atoms with van der Waals surface area (Å²) in [5.74, 6) is -0.535. The number of nitrogens with one attached hydrogen (secondary N) is 2. The number of rotatable bonds is 4. The number of pyridine rings is 1. The molecule has 0 aliphatic carbocycles. The Hall–Kier alpha value is -2.11. The van der Waals surface area contributed by atoms with Gasteiger partial charge in [-0.25, -0.2) is 0 Å². The van der Waals surface area contributed by atoms with Crippen LogP contribution < -0.4 is 10.7 Å². The highest BCUT2D eigenvalue weighted by Crippen LogP contribution is 1.99. The Morgan fingerprint density at radius 2 is 2.11 bits per heavy atom. The number of hydrogen-bond acceptors (Lipinski definition) is 3. The van der Waals surface area contributed by atoms with E-state index in [-0.39, 0.29) is 35.8 Å². The molecular weight excluding hydrogens is 234 g/mol. The molecule has 1 aromatic heterocycles. The summed E-state index contributed by atoms with van der Waals surface area (Å²) in [4.78, 5) is 38.8. The van der Waals surface area contributed by atoms with E-state index in [9.17, 15) is 14.4 Å². The molecule has 2 N–H and O–H groups in total. The van der Waals surface area contributed by atoms with Crippen LogP contribution in [-0.4, -0.2) is 42.3 Å². The third-order valence-electron chi connectivity index (χ3n) is 2.59. The van der Waals surface area contributed by atoms with Gasteiger partial charge in [-0.05, 0) is 6.92 Å². The smallest absolute Gasteiger partial charge is 0.259 e. The molecule has 1 rings (SSSR count). The Bertz CT molecular complexity index is 508. The third-order valence-corrected chi connectivity index (χ3v) is 2.59. The maximum absolute atomic E-state index is 12.0. The highest BCUT2D eigenvalue weighted by Gasteiger charge is 2.15. The highest BCUT2D eigenvalue weighted by molar-refractivity contribution is 5.93. The normalized spacial score (nSPS) is 9.94. The molecule has 0 unspecified atom stereocenters. The van der Waals surface area contributed by atoms with E-state index in [2.05, 4.69) is 10.3 Å². The fraction of sp³-hybridized carbons (Fsp3) is 0.417. The minimum Gasteiger partial charge on any atom is -0.364 e. The van der Waals surface area contributed by atoms with Crippen LogP contribution in [0, 0.1) is 6.92 Å². The van der Waals surface area contributed by atoms with Gasteiger partial charge in [-0.1, -0.05) is 0 Å². The quantitative estimate of drug-likeness (QED) is 0.783. The lowest BCUT2D eigenvalue weighted by molar-refractivity contribution is -0.120. The van der Waals surface area contributed by atoms with Crippen molar-refractivity contribution in [1.82, 2.24) is 15.2 Å². The topological polar surface area (TPSA) is 82.3 Å². The van der Waals surface area contributed by atoms with Crippen LogP contribution in [0.4, 0.5) is 0 Å². The number of hydrogen-bond donors (Lipinski definition) is 2. The highest BCUT2D eigenvalue weighted by atomic mass is 16.2. The van der Waals surface area contributed by atoms with Gasteiger partial charge < -0.3 is 15.2 Å². The van der Waals surface area contributed by atoms with E-state index < -0.39 is 0 Å². The summed E-state index contributed by atoms with van der Waals surface area (Å²) < 4.78 is 0.